The smallest absolute Gasteiger partial charge is 0.244 e. The number of hydrogen-bond donors (Lipinski definition) is 2. The van der Waals surface area contributed by atoms with Gasteiger partial charge in [0, 0.05) is 25.6 Å². The summed E-state index contributed by atoms with van der Waals surface area (Å²) in [4.78, 5) is 25.6. The second-order valence-electron chi connectivity index (χ2n) is 5.98. The summed E-state index contributed by atoms with van der Waals surface area (Å²) in [7, 11) is 0. The van der Waals surface area contributed by atoms with Gasteiger partial charge in [-0.3, -0.25) is 9.59 Å². The third kappa shape index (κ3) is 4.27. The molecule has 0 aromatic carbocycles. The zero-order valence-electron chi connectivity index (χ0n) is 13.0. The van der Waals surface area contributed by atoms with Gasteiger partial charge in [-0.25, -0.2) is 4.68 Å². The van der Waals surface area contributed by atoms with Crippen molar-refractivity contribution in [2.45, 2.75) is 33.2 Å². The molecule has 1 aliphatic heterocycles. The maximum atomic E-state index is 12.2. The fourth-order valence-electron chi connectivity index (χ4n) is 2.38. The minimum atomic E-state index is -0.143. The summed E-state index contributed by atoms with van der Waals surface area (Å²) in [5, 5.41) is 19.5. The molecule has 1 aromatic heterocycles. The summed E-state index contributed by atoms with van der Waals surface area (Å²) in [5.74, 6) is 0.174. The minimum Gasteiger partial charge on any atom is -0.396 e. The van der Waals surface area contributed by atoms with Crippen molar-refractivity contribution in [3.8, 4) is 0 Å². The third-order valence-corrected chi connectivity index (χ3v) is 3.74. The molecule has 8 heteroatoms. The molecular weight excluding hydrogens is 286 g/mol. The summed E-state index contributed by atoms with van der Waals surface area (Å²) >= 11 is 0. The Morgan fingerprint density at radius 3 is 2.95 bits per heavy atom. The standard InChI is InChI=1S/C14H23N5O3/c1-10(2)14(22)15-12-7-19(17-16-12)8-13(21)18-5-3-4-11(6-18)9-20/h7,10-11,20H,3-6,8-9H2,1-2H3,(H,15,22). The molecule has 8 nitrogen and oxygen atoms in total. The molecule has 1 atom stereocenters. The Morgan fingerprint density at radius 2 is 2.27 bits per heavy atom. The molecule has 2 heterocycles. The van der Waals surface area contributed by atoms with Crippen molar-refractivity contribution in [1.82, 2.24) is 19.9 Å². The van der Waals surface area contributed by atoms with Gasteiger partial charge < -0.3 is 15.3 Å². The van der Waals surface area contributed by atoms with E-state index in [1.165, 1.54) is 4.68 Å². The number of carbonyl (C=O) groups is 2. The highest BCUT2D eigenvalue weighted by atomic mass is 16.3. The average molecular weight is 309 g/mol. The number of nitrogens with zero attached hydrogens (tertiary/aromatic N) is 4. The molecule has 1 saturated heterocycles. The molecular formula is C14H23N5O3. The molecule has 22 heavy (non-hydrogen) atoms. The van der Waals surface area contributed by atoms with E-state index in [0.29, 0.717) is 18.9 Å². The van der Waals surface area contributed by atoms with E-state index in [2.05, 4.69) is 15.6 Å². The number of piperidine rings is 1. The van der Waals surface area contributed by atoms with Crippen LogP contribution < -0.4 is 5.32 Å². The van der Waals surface area contributed by atoms with Crippen molar-refractivity contribution >= 4 is 17.6 Å². The number of aromatic nitrogens is 3. The lowest BCUT2D eigenvalue weighted by Crippen LogP contribution is -2.42. The molecule has 0 spiro atoms. The van der Waals surface area contributed by atoms with Crippen molar-refractivity contribution in [2.75, 3.05) is 25.0 Å². The summed E-state index contributed by atoms with van der Waals surface area (Å²) in [6.45, 7) is 5.07. The number of hydrogen-bond acceptors (Lipinski definition) is 5. The van der Waals surface area contributed by atoms with Gasteiger partial charge in [0.1, 0.15) is 6.54 Å². The predicted molar refractivity (Wildman–Crippen MR) is 79.9 cm³/mol. The monoisotopic (exact) mass is 309 g/mol. The molecule has 0 bridgehead atoms. The quantitative estimate of drug-likeness (QED) is 0.803. The van der Waals surface area contributed by atoms with E-state index in [-0.39, 0.29) is 36.8 Å². The lowest BCUT2D eigenvalue weighted by molar-refractivity contribution is -0.134. The first-order chi connectivity index (χ1) is 10.5. The highest BCUT2D eigenvalue weighted by molar-refractivity contribution is 5.90. The largest absolute Gasteiger partial charge is 0.396 e. The van der Waals surface area contributed by atoms with Crippen LogP contribution in [-0.4, -0.2) is 56.5 Å². The maximum Gasteiger partial charge on any atom is 0.244 e. The molecule has 2 amide bonds. The zero-order valence-corrected chi connectivity index (χ0v) is 13.0. The van der Waals surface area contributed by atoms with Crippen LogP contribution in [0, 0.1) is 11.8 Å². The number of nitrogens with one attached hydrogen (secondary N) is 1. The van der Waals surface area contributed by atoms with Crippen molar-refractivity contribution < 1.29 is 14.7 Å². The Labute approximate surface area is 129 Å². The first-order valence-corrected chi connectivity index (χ1v) is 7.59. The van der Waals surface area contributed by atoms with Gasteiger partial charge in [-0.2, -0.15) is 0 Å². The van der Waals surface area contributed by atoms with E-state index < -0.39 is 0 Å². The Bertz CT molecular complexity index is 528. The summed E-state index contributed by atoms with van der Waals surface area (Å²) < 4.78 is 1.42. The summed E-state index contributed by atoms with van der Waals surface area (Å²) in [5.41, 5.74) is 0. The van der Waals surface area contributed by atoms with Crippen LogP contribution in [0.25, 0.3) is 0 Å². The fraction of sp³-hybridized carbons (Fsp3) is 0.714. The number of aliphatic hydroxyl groups is 1. The van der Waals surface area contributed by atoms with Crippen LogP contribution in [0.5, 0.6) is 0 Å². The van der Waals surface area contributed by atoms with Gasteiger partial charge in [0.2, 0.25) is 11.8 Å². The second kappa shape index (κ2) is 7.35. The summed E-state index contributed by atoms with van der Waals surface area (Å²) in [6, 6.07) is 0. The van der Waals surface area contributed by atoms with Crippen LogP contribution in [0.4, 0.5) is 5.82 Å². The van der Waals surface area contributed by atoms with Gasteiger partial charge in [0.25, 0.3) is 0 Å². The fourth-order valence-corrected chi connectivity index (χ4v) is 2.38. The van der Waals surface area contributed by atoms with E-state index in [4.69, 9.17) is 0 Å². The number of aliphatic hydroxyl groups excluding tert-OH is 1. The Kier molecular flexibility index (Phi) is 5.48. The van der Waals surface area contributed by atoms with Gasteiger partial charge in [-0.05, 0) is 18.8 Å². The zero-order chi connectivity index (χ0) is 16.1. The van der Waals surface area contributed by atoms with Crippen LogP contribution in [-0.2, 0) is 16.1 Å². The second-order valence-corrected chi connectivity index (χ2v) is 5.98. The molecule has 1 fully saturated rings. The van der Waals surface area contributed by atoms with Crippen LogP contribution in [0.2, 0.25) is 0 Å². The first-order valence-electron chi connectivity index (χ1n) is 7.59. The number of anilines is 1. The topological polar surface area (TPSA) is 100 Å². The van der Waals surface area contributed by atoms with Crippen LogP contribution in [0.1, 0.15) is 26.7 Å². The molecule has 0 aliphatic carbocycles. The minimum absolute atomic E-state index is 0.0511. The van der Waals surface area contributed by atoms with Crippen molar-refractivity contribution in [1.29, 1.82) is 0 Å². The van der Waals surface area contributed by atoms with E-state index in [0.717, 1.165) is 12.8 Å². The van der Waals surface area contributed by atoms with Gasteiger partial charge in [0.05, 0.1) is 6.20 Å². The lowest BCUT2D eigenvalue weighted by Gasteiger charge is -2.31. The number of amides is 2. The highest BCUT2D eigenvalue weighted by Crippen LogP contribution is 2.16. The van der Waals surface area contributed by atoms with E-state index in [1.807, 2.05) is 0 Å². The van der Waals surface area contributed by atoms with Crippen LogP contribution in [0.15, 0.2) is 6.20 Å². The normalized spacial score (nSPS) is 18.5. The van der Waals surface area contributed by atoms with Gasteiger partial charge in [-0.15, -0.1) is 5.10 Å². The average Bonchev–Trinajstić information content (AvgIpc) is 2.94. The maximum absolute atomic E-state index is 12.2. The molecule has 1 unspecified atom stereocenters. The molecule has 1 aliphatic rings. The first kappa shape index (κ1) is 16.4. The molecule has 2 rings (SSSR count). The lowest BCUT2D eigenvalue weighted by atomic mass is 9.99. The van der Waals surface area contributed by atoms with Gasteiger partial charge in [0.15, 0.2) is 5.82 Å². The predicted octanol–water partition coefficient (Wildman–Crippen LogP) is 0.104. The molecule has 0 saturated carbocycles. The number of carbonyl (C=O) groups excluding carboxylic acids is 2. The van der Waals surface area contributed by atoms with Crippen LogP contribution >= 0.6 is 0 Å². The number of rotatable bonds is 5. The third-order valence-electron chi connectivity index (χ3n) is 3.74. The van der Waals surface area contributed by atoms with Gasteiger partial charge >= 0.3 is 0 Å². The van der Waals surface area contributed by atoms with Crippen molar-refractivity contribution in [3.63, 3.8) is 0 Å². The number of likely N-dealkylation sites (tertiary alicyclic amines) is 1. The Balaban J connectivity index is 1.89. The molecule has 2 N–H and O–H groups in total. The van der Waals surface area contributed by atoms with Gasteiger partial charge in [-0.1, -0.05) is 19.1 Å². The van der Waals surface area contributed by atoms with E-state index >= 15 is 0 Å². The van der Waals surface area contributed by atoms with Crippen LogP contribution in [0.3, 0.4) is 0 Å². The Hall–Kier alpha value is -1.96. The Morgan fingerprint density at radius 1 is 1.50 bits per heavy atom. The van der Waals surface area contributed by atoms with Crippen molar-refractivity contribution in [3.05, 3.63) is 6.20 Å². The molecule has 0 radical (unpaired) electrons. The van der Waals surface area contributed by atoms with E-state index in [9.17, 15) is 14.7 Å². The summed E-state index contributed by atoms with van der Waals surface area (Å²) in [6.07, 6.45) is 3.41. The van der Waals surface area contributed by atoms with E-state index in [1.54, 1.807) is 24.9 Å². The molecule has 122 valence electrons. The molecule has 1 aromatic rings. The SMILES string of the molecule is CC(C)C(=O)Nc1cn(CC(=O)N2CCCC(CO)C2)nn1. The highest BCUT2D eigenvalue weighted by Gasteiger charge is 2.23. The van der Waals surface area contributed by atoms with Crippen molar-refractivity contribution in [2.24, 2.45) is 11.8 Å².